The first kappa shape index (κ1) is 23.9. The van der Waals surface area contributed by atoms with Crippen molar-refractivity contribution in [1.82, 2.24) is 0 Å². The third-order valence-corrected chi connectivity index (χ3v) is 8.30. The van der Waals surface area contributed by atoms with Gasteiger partial charge >= 0.3 is 0 Å². The van der Waals surface area contributed by atoms with E-state index in [-0.39, 0.29) is 0 Å². The Morgan fingerprint density at radius 1 is 0.279 bits per heavy atom. The number of hydrogen-bond donors (Lipinski definition) is 0. The Labute approximate surface area is 247 Å². The summed E-state index contributed by atoms with van der Waals surface area (Å²) in [4.78, 5) is 0. The second-order valence-electron chi connectivity index (χ2n) is 11.0. The maximum Gasteiger partial charge on any atom is 0.139 e. The Hall–Kier alpha value is -5.80. The van der Waals surface area contributed by atoms with Crippen LogP contribution in [0.3, 0.4) is 0 Å². The highest BCUT2D eigenvalue weighted by Gasteiger charge is 2.16. The molecule has 3 heterocycles. The van der Waals surface area contributed by atoms with Crippen molar-refractivity contribution in [3.05, 3.63) is 146 Å². The van der Waals surface area contributed by atoms with E-state index < -0.39 is 0 Å². The van der Waals surface area contributed by atoms with E-state index in [0.717, 1.165) is 66.5 Å². The molecule has 0 unspecified atom stereocenters. The zero-order valence-electron chi connectivity index (χ0n) is 23.1. The molecule has 0 bridgehead atoms. The molecule has 0 amide bonds. The minimum Gasteiger partial charge on any atom is -0.456 e. The predicted octanol–water partition coefficient (Wildman–Crippen LogP) is 11.7. The van der Waals surface area contributed by atoms with Crippen LogP contribution in [-0.2, 0) is 0 Å². The third-order valence-electron chi connectivity index (χ3n) is 8.30. The van der Waals surface area contributed by atoms with Crippen molar-refractivity contribution in [3.8, 4) is 44.9 Å². The summed E-state index contributed by atoms with van der Waals surface area (Å²) < 4.78 is 18.9. The second kappa shape index (κ2) is 9.37. The normalized spacial score (nSPS) is 11.7. The molecule has 202 valence electrons. The van der Waals surface area contributed by atoms with Gasteiger partial charge in [0.15, 0.2) is 0 Å². The standard InChI is InChI=1S/C40H24O3/c1-3-7-25(8-4-1)27-11-15-29(16-12-27)35-21-31-19-33-34-20-32-22-36(30-17-13-28(14-18-30)26-9-5-2-6-10-26)42-38(32)24-40(34)43-39(33)23-37(31)41-35/h1-24H. The van der Waals surface area contributed by atoms with Gasteiger partial charge in [0.05, 0.1) is 0 Å². The lowest BCUT2D eigenvalue weighted by Gasteiger charge is -2.02. The molecule has 0 saturated carbocycles. The average molecular weight is 553 g/mol. The predicted molar refractivity (Wildman–Crippen MR) is 175 cm³/mol. The van der Waals surface area contributed by atoms with Crippen LogP contribution < -0.4 is 0 Å². The summed E-state index contributed by atoms with van der Waals surface area (Å²) in [5.74, 6) is 1.68. The topological polar surface area (TPSA) is 39.4 Å². The summed E-state index contributed by atoms with van der Waals surface area (Å²) in [5, 5.41) is 4.21. The Balaban J connectivity index is 1.07. The van der Waals surface area contributed by atoms with Gasteiger partial charge in [-0.05, 0) is 46.5 Å². The molecule has 0 saturated heterocycles. The number of rotatable bonds is 4. The van der Waals surface area contributed by atoms with E-state index in [4.69, 9.17) is 13.3 Å². The van der Waals surface area contributed by atoms with Crippen LogP contribution in [-0.4, -0.2) is 0 Å². The van der Waals surface area contributed by atoms with Crippen LogP contribution in [0.2, 0.25) is 0 Å². The molecule has 0 aliphatic heterocycles. The maximum atomic E-state index is 6.31. The first-order chi connectivity index (χ1) is 21.2. The smallest absolute Gasteiger partial charge is 0.139 e. The van der Waals surface area contributed by atoms with Crippen molar-refractivity contribution < 1.29 is 13.3 Å². The van der Waals surface area contributed by atoms with E-state index in [2.05, 4.69) is 121 Å². The van der Waals surface area contributed by atoms with E-state index in [0.29, 0.717) is 0 Å². The second-order valence-corrected chi connectivity index (χ2v) is 11.0. The molecule has 0 spiro atoms. The molecule has 3 nitrogen and oxygen atoms in total. The molecule has 43 heavy (non-hydrogen) atoms. The van der Waals surface area contributed by atoms with Gasteiger partial charge in [-0.15, -0.1) is 0 Å². The number of furan rings is 3. The lowest BCUT2D eigenvalue weighted by molar-refractivity contribution is 0.625. The average Bonchev–Trinajstić information content (AvgIpc) is 3.78. The molecule has 0 aliphatic rings. The van der Waals surface area contributed by atoms with Crippen molar-refractivity contribution in [2.45, 2.75) is 0 Å². The fourth-order valence-electron chi connectivity index (χ4n) is 6.04. The fourth-order valence-corrected chi connectivity index (χ4v) is 6.04. The van der Waals surface area contributed by atoms with E-state index in [9.17, 15) is 0 Å². The molecular formula is C40H24O3. The van der Waals surface area contributed by atoms with Crippen LogP contribution in [0, 0.1) is 0 Å². The highest BCUT2D eigenvalue weighted by molar-refractivity contribution is 6.13. The SMILES string of the molecule is c1ccc(-c2ccc(-c3cc4cc5c(cc4o3)oc3cc4oc(-c6ccc(-c7ccccc7)cc6)cc4cc35)cc2)cc1. The van der Waals surface area contributed by atoms with E-state index >= 15 is 0 Å². The maximum absolute atomic E-state index is 6.31. The van der Waals surface area contributed by atoms with Gasteiger partial charge < -0.3 is 13.3 Å². The highest BCUT2D eigenvalue weighted by atomic mass is 16.4. The Bertz CT molecular complexity index is 2230. The highest BCUT2D eigenvalue weighted by Crippen LogP contribution is 2.39. The molecule has 6 aromatic carbocycles. The molecule has 0 N–H and O–H groups in total. The van der Waals surface area contributed by atoms with Crippen LogP contribution in [0.5, 0.6) is 0 Å². The molecular weight excluding hydrogens is 528 g/mol. The number of hydrogen-bond acceptors (Lipinski definition) is 3. The molecule has 0 fully saturated rings. The first-order valence-electron chi connectivity index (χ1n) is 14.4. The van der Waals surface area contributed by atoms with Crippen molar-refractivity contribution in [3.63, 3.8) is 0 Å². The molecule has 9 rings (SSSR count). The summed E-state index contributed by atoms with van der Waals surface area (Å²) in [5.41, 5.74) is 10.1. The van der Waals surface area contributed by atoms with Gasteiger partial charge in [-0.25, -0.2) is 0 Å². The molecule has 0 radical (unpaired) electrons. The van der Waals surface area contributed by atoms with Gasteiger partial charge in [0, 0.05) is 44.8 Å². The van der Waals surface area contributed by atoms with Gasteiger partial charge in [-0.2, -0.15) is 0 Å². The monoisotopic (exact) mass is 552 g/mol. The Morgan fingerprint density at radius 2 is 0.651 bits per heavy atom. The van der Waals surface area contributed by atoms with Crippen LogP contribution in [0.15, 0.2) is 159 Å². The summed E-state index contributed by atoms with van der Waals surface area (Å²) in [7, 11) is 0. The van der Waals surface area contributed by atoms with Crippen molar-refractivity contribution >= 4 is 43.9 Å². The summed E-state index contributed by atoms with van der Waals surface area (Å²) in [6.07, 6.45) is 0. The van der Waals surface area contributed by atoms with Crippen LogP contribution in [0.1, 0.15) is 0 Å². The van der Waals surface area contributed by atoms with Gasteiger partial charge in [0.25, 0.3) is 0 Å². The van der Waals surface area contributed by atoms with Crippen molar-refractivity contribution in [2.24, 2.45) is 0 Å². The van der Waals surface area contributed by atoms with Crippen LogP contribution in [0.25, 0.3) is 88.8 Å². The van der Waals surface area contributed by atoms with E-state index in [1.165, 1.54) is 22.3 Å². The zero-order chi connectivity index (χ0) is 28.3. The van der Waals surface area contributed by atoms with Gasteiger partial charge in [-0.1, -0.05) is 109 Å². The molecule has 3 aromatic heterocycles. The van der Waals surface area contributed by atoms with Crippen molar-refractivity contribution in [1.29, 1.82) is 0 Å². The number of fused-ring (bicyclic) bond motifs is 5. The third kappa shape index (κ3) is 4.05. The summed E-state index contributed by atoms with van der Waals surface area (Å²) >= 11 is 0. The lowest BCUT2D eigenvalue weighted by Crippen LogP contribution is -1.78. The fraction of sp³-hybridized carbons (Fsp3) is 0. The van der Waals surface area contributed by atoms with Gasteiger partial charge in [-0.3, -0.25) is 0 Å². The minimum absolute atomic E-state index is 0.798. The quantitative estimate of drug-likeness (QED) is 0.218. The van der Waals surface area contributed by atoms with Gasteiger partial charge in [0.1, 0.15) is 33.9 Å². The van der Waals surface area contributed by atoms with E-state index in [1.807, 2.05) is 24.3 Å². The molecule has 3 heteroatoms. The summed E-state index contributed by atoms with van der Waals surface area (Å²) in [6, 6.07) is 50.3. The first-order valence-corrected chi connectivity index (χ1v) is 14.4. The van der Waals surface area contributed by atoms with Gasteiger partial charge in [0.2, 0.25) is 0 Å². The van der Waals surface area contributed by atoms with Crippen LogP contribution >= 0.6 is 0 Å². The molecule has 0 aliphatic carbocycles. The molecule has 0 atom stereocenters. The minimum atomic E-state index is 0.798. The zero-order valence-corrected chi connectivity index (χ0v) is 23.1. The Morgan fingerprint density at radius 3 is 1.07 bits per heavy atom. The van der Waals surface area contributed by atoms with Crippen molar-refractivity contribution in [2.75, 3.05) is 0 Å². The van der Waals surface area contributed by atoms with E-state index in [1.54, 1.807) is 0 Å². The Kier molecular flexibility index (Phi) is 5.20. The number of benzene rings is 6. The summed E-state index contributed by atoms with van der Waals surface area (Å²) in [6.45, 7) is 0. The van der Waals surface area contributed by atoms with Crippen LogP contribution in [0.4, 0.5) is 0 Å². The lowest BCUT2D eigenvalue weighted by atomic mass is 10.0. The largest absolute Gasteiger partial charge is 0.456 e. The molecule has 9 aromatic rings.